The molecule has 1 heterocycles. The van der Waals surface area contributed by atoms with Gasteiger partial charge in [-0.2, -0.15) is 0 Å². The molecule has 3 heteroatoms. The van der Waals surface area contributed by atoms with Crippen molar-refractivity contribution in [3.8, 4) is 0 Å². The molecule has 0 radical (unpaired) electrons. The molecule has 0 unspecified atom stereocenters. The Kier molecular flexibility index (Phi) is 4.06. The summed E-state index contributed by atoms with van der Waals surface area (Å²) in [5.74, 6) is 0. The zero-order valence-electron chi connectivity index (χ0n) is 12.3. The second-order valence-corrected chi connectivity index (χ2v) is 5.77. The van der Waals surface area contributed by atoms with E-state index in [4.69, 9.17) is 11.5 Å². The summed E-state index contributed by atoms with van der Waals surface area (Å²) in [6.07, 6.45) is 2.38. The summed E-state index contributed by atoms with van der Waals surface area (Å²) in [4.78, 5) is 2.33. The van der Waals surface area contributed by atoms with Gasteiger partial charge < -0.3 is 11.5 Å². The largest absolute Gasteiger partial charge is 0.321 e. The van der Waals surface area contributed by atoms with Gasteiger partial charge in [0.05, 0.1) is 6.04 Å². The number of hydrogen-bond donors (Lipinski definition) is 2. The van der Waals surface area contributed by atoms with Crippen LogP contribution in [0.25, 0.3) is 0 Å². The zero-order chi connectivity index (χ0) is 14.7. The SMILES string of the molecule is N[C@H](c1ccccc1)[C@@](N)(c1ccccc1)N1CCCC1. The summed E-state index contributed by atoms with van der Waals surface area (Å²) in [7, 11) is 0. The molecule has 0 amide bonds. The molecule has 0 spiro atoms. The summed E-state index contributed by atoms with van der Waals surface area (Å²) in [5.41, 5.74) is 15.0. The predicted octanol–water partition coefficient (Wildman–Crippen LogP) is 2.59. The Balaban J connectivity index is 2.04. The Labute approximate surface area is 126 Å². The maximum absolute atomic E-state index is 6.90. The van der Waals surface area contributed by atoms with E-state index in [-0.39, 0.29) is 6.04 Å². The van der Waals surface area contributed by atoms with Crippen molar-refractivity contribution in [1.82, 2.24) is 4.90 Å². The highest BCUT2D eigenvalue weighted by atomic mass is 15.3. The molecule has 3 nitrogen and oxygen atoms in total. The van der Waals surface area contributed by atoms with Gasteiger partial charge in [-0.15, -0.1) is 0 Å². The van der Waals surface area contributed by atoms with Gasteiger partial charge in [0.25, 0.3) is 0 Å². The van der Waals surface area contributed by atoms with Crippen molar-refractivity contribution in [2.24, 2.45) is 11.5 Å². The number of nitrogens with two attached hydrogens (primary N) is 2. The second kappa shape index (κ2) is 5.98. The van der Waals surface area contributed by atoms with E-state index < -0.39 is 5.66 Å². The Morgan fingerprint density at radius 2 is 1.38 bits per heavy atom. The van der Waals surface area contributed by atoms with Crippen LogP contribution in [0.3, 0.4) is 0 Å². The fraction of sp³-hybridized carbons (Fsp3) is 0.333. The summed E-state index contributed by atoms with van der Waals surface area (Å²) < 4.78 is 0. The molecular weight excluding hydrogens is 258 g/mol. The summed E-state index contributed by atoms with van der Waals surface area (Å²) in [6, 6.07) is 20.2. The van der Waals surface area contributed by atoms with Crippen LogP contribution in [0.2, 0.25) is 0 Å². The van der Waals surface area contributed by atoms with Gasteiger partial charge in [0, 0.05) is 13.1 Å². The lowest BCUT2D eigenvalue weighted by molar-refractivity contribution is 0.0900. The van der Waals surface area contributed by atoms with E-state index in [1.165, 1.54) is 12.8 Å². The van der Waals surface area contributed by atoms with E-state index in [1.54, 1.807) is 0 Å². The van der Waals surface area contributed by atoms with E-state index in [0.29, 0.717) is 0 Å². The van der Waals surface area contributed by atoms with Crippen LogP contribution < -0.4 is 11.5 Å². The number of benzene rings is 2. The standard InChI is InChI=1S/C18H23N3/c19-17(15-9-3-1-4-10-15)18(20,21-13-7-8-14-21)16-11-5-2-6-12-16/h1-6,9-12,17H,7-8,13-14,19-20H2/t17-,18-/m1/s1. The minimum atomic E-state index is -0.654. The molecule has 2 aromatic carbocycles. The Hall–Kier alpha value is -1.68. The molecule has 0 saturated carbocycles. The monoisotopic (exact) mass is 281 g/mol. The normalized spacial score (nSPS) is 20.1. The van der Waals surface area contributed by atoms with Crippen molar-refractivity contribution in [2.75, 3.05) is 13.1 Å². The topological polar surface area (TPSA) is 55.3 Å². The first-order valence-corrected chi connectivity index (χ1v) is 7.63. The molecule has 2 aromatic rings. The van der Waals surface area contributed by atoms with Gasteiger partial charge in [-0.25, -0.2) is 0 Å². The van der Waals surface area contributed by atoms with Gasteiger partial charge in [-0.05, 0) is 24.0 Å². The van der Waals surface area contributed by atoms with Crippen LogP contribution in [0.1, 0.15) is 30.0 Å². The summed E-state index contributed by atoms with van der Waals surface area (Å²) in [5, 5.41) is 0. The van der Waals surface area contributed by atoms with E-state index in [9.17, 15) is 0 Å². The molecule has 0 aromatic heterocycles. The fourth-order valence-corrected chi connectivity index (χ4v) is 3.27. The van der Waals surface area contributed by atoms with Crippen molar-refractivity contribution in [2.45, 2.75) is 24.5 Å². The zero-order valence-corrected chi connectivity index (χ0v) is 12.3. The van der Waals surface area contributed by atoms with E-state index in [0.717, 1.165) is 24.2 Å². The quantitative estimate of drug-likeness (QED) is 0.905. The lowest BCUT2D eigenvalue weighted by Crippen LogP contribution is -2.58. The third kappa shape index (κ3) is 2.60. The maximum atomic E-state index is 6.90. The smallest absolute Gasteiger partial charge is 0.115 e. The molecule has 21 heavy (non-hydrogen) atoms. The highest BCUT2D eigenvalue weighted by molar-refractivity contribution is 5.31. The third-order valence-corrected chi connectivity index (χ3v) is 4.50. The number of nitrogens with zero attached hydrogens (tertiary/aromatic N) is 1. The molecule has 2 atom stereocenters. The molecule has 0 aliphatic carbocycles. The Morgan fingerprint density at radius 3 is 1.95 bits per heavy atom. The lowest BCUT2D eigenvalue weighted by atomic mass is 9.86. The summed E-state index contributed by atoms with van der Waals surface area (Å²) >= 11 is 0. The lowest BCUT2D eigenvalue weighted by Gasteiger charge is -2.43. The van der Waals surface area contributed by atoms with Crippen molar-refractivity contribution in [1.29, 1.82) is 0 Å². The highest BCUT2D eigenvalue weighted by Crippen LogP contribution is 2.36. The molecule has 4 N–H and O–H groups in total. The highest BCUT2D eigenvalue weighted by Gasteiger charge is 2.42. The average Bonchev–Trinajstić information content (AvgIpc) is 3.10. The maximum Gasteiger partial charge on any atom is 0.115 e. The van der Waals surface area contributed by atoms with Crippen LogP contribution in [-0.4, -0.2) is 18.0 Å². The van der Waals surface area contributed by atoms with Crippen molar-refractivity contribution in [3.63, 3.8) is 0 Å². The van der Waals surface area contributed by atoms with Crippen molar-refractivity contribution < 1.29 is 0 Å². The first-order valence-electron chi connectivity index (χ1n) is 7.63. The second-order valence-electron chi connectivity index (χ2n) is 5.77. The van der Waals surface area contributed by atoms with Gasteiger partial charge in [-0.3, -0.25) is 4.90 Å². The molecule has 1 aliphatic heterocycles. The van der Waals surface area contributed by atoms with Gasteiger partial charge in [-0.1, -0.05) is 60.7 Å². The average molecular weight is 281 g/mol. The van der Waals surface area contributed by atoms with Crippen LogP contribution in [-0.2, 0) is 5.66 Å². The first-order chi connectivity index (χ1) is 10.2. The van der Waals surface area contributed by atoms with Crippen molar-refractivity contribution in [3.05, 3.63) is 71.8 Å². The molecule has 1 aliphatic rings. The van der Waals surface area contributed by atoms with Gasteiger partial charge in [0.2, 0.25) is 0 Å². The molecular formula is C18H23N3. The number of likely N-dealkylation sites (tertiary alicyclic amines) is 1. The van der Waals surface area contributed by atoms with Crippen LogP contribution in [0, 0.1) is 0 Å². The predicted molar refractivity (Wildman–Crippen MR) is 86.5 cm³/mol. The van der Waals surface area contributed by atoms with E-state index >= 15 is 0 Å². The number of hydrogen-bond acceptors (Lipinski definition) is 3. The van der Waals surface area contributed by atoms with Crippen LogP contribution in [0.4, 0.5) is 0 Å². The van der Waals surface area contributed by atoms with Gasteiger partial charge >= 0.3 is 0 Å². The third-order valence-electron chi connectivity index (χ3n) is 4.50. The first kappa shape index (κ1) is 14.3. The molecule has 1 fully saturated rings. The Bertz CT molecular complexity index is 564. The minimum absolute atomic E-state index is 0.251. The van der Waals surface area contributed by atoms with E-state index in [2.05, 4.69) is 29.2 Å². The van der Waals surface area contributed by atoms with Crippen LogP contribution in [0.5, 0.6) is 0 Å². The van der Waals surface area contributed by atoms with Gasteiger partial charge in [0.15, 0.2) is 0 Å². The van der Waals surface area contributed by atoms with Gasteiger partial charge in [0.1, 0.15) is 5.66 Å². The summed E-state index contributed by atoms with van der Waals surface area (Å²) in [6.45, 7) is 2.01. The van der Waals surface area contributed by atoms with Crippen molar-refractivity contribution >= 4 is 0 Å². The Morgan fingerprint density at radius 1 is 0.857 bits per heavy atom. The molecule has 0 bridgehead atoms. The minimum Gasteiger partial charge on any atom is -0.321 e. The molecule has 3 rings (SSSR count). The molecule has 1 saturated heterocycles. The molecule has 110 valence electrons. The fourth-order valence-electron chi connectivity index (χ4n) is 3.27. The van der Waals surface area contributed by atoms with E-state index in [1.807, 2.05) is 36.4 Å². The van der Waals surface area contributed by atoms with Crippen LogP contribution in [0.15, 0.2) is 60.7 Å². The number of rotatable bonds is 4. The van der Waals surface area contributed by atoms with Crippen LogP contribution >= 0.6 is 0 Å².